The normalized spacial score (nSPS) is 15.7. The molecule has 0 bridgehead atoms. The molecule has 6 nitrogen and oxygen atoms in total. The Bertz CT molecular complexity index is 1070. The molecule has 1 aromatic carbocycles. The number of halogens is 1. The summed E-state index contributed by atoms with van der Waals surface area (Å²) in [5.41, 5.74) is 3.71. The maximum absolute atomic E-state index is 13.1. The number of carbonyl (C=O) groups excluding carboxylic acids is 1. The molecule has 0 spiro atoms. The molecule has 0 unspecified atom stereocenters. The van der Waals surface area contributed by atoms with Crippen molar-refractivity contribution in [3.8, 4) is 0 Å². The van der Waals surface area contributed by atoms with Crippen LogP contribution in [-0.4, -0.2) is 32.3 Å². The third-order valence-electron chi connectivity index (χ3n) is 5.68. The first-order valence-corrected chi connectivity index (χ1v) is 11.1. The monoisotopic (exact) mass is 433 g/mol. The molecule has 1 N–H and O–H groups in total. The van der Waals surface area contributed by atoms with Gasteiger partial charge in [-0.3, -0.25) is 4.79 Å². The van der Waals surface area contributed by atoms with Gasteiger partial charge in [-0.25, -0.2) is 19.3 Å². The molecule has 0 radical (unpaired) electrons. The second-order valence-corrected chi connectivity index (χ2v) is 8.27. The van der Waals surface area contributed by atoms with Crippen LogP contribution in [0.4, 0.5) is 16.2 Å². The standard InChI is InChI=1S/C25H28FN5O/c1-17-16-18(2)28-25(27-17)30-23-9-4-7-21(29-23)22-8-5-15-31(22)24(32)10-3-6-19-11-13-20(26)14-12-19/h4,7,9,11-14,16,22H,3,5-6,8,10,15H2,1-2H3,(H,27,28,29,30)/t22-/m1/s1. The first-order valence-electron chi connectivity index (χ1n) is 11.1. The zero-order chi connectivity index (χ0) is 22.5. The maximum Gasteiger partial charge on any atom is 0.228 e. The van der Waals surface area contributed by atoms with Gasteiger partial charge >= 0.3 is 0 Å². The summed E-state index contributed by atoms with van der Waals surface area (Å²) in [6.45, 7) is 4.61. The molecule has 1 amide bonds. The minimum absolute atomic E-state index is 0.0183. The highest BCUT2D eigenvalue weighted by atomic mass is 19.1. The number of benzene rings is 1. The molecule has 1 atom stereocenters. The van der Waals surface area contributed by atoms with E-state index >= 15 is 0 Å². The highest BCUT2D eigenvalue weighted by Gasteiger charge is 2.30. The zero-order valence-electron chi connectivity index (χ0n) is 18.5. The Morgan fingerprint density at radius 3 is 2.59 bits per heavy atom. The summed E-state index contributed by atoms with van der Waals surface area (Å²) in [7, 11) is 0. The molecular formula is C25H28FN5O. The highest BCUT2D eigenvalue weighted by molar-refractivity contribution is 5.77. The zero-order valence-corrected chi connectivity index (χ0v) is 18.5. The number of aryl methyl sites for hydroxylation is 3. The van der Waals surface area contributed by atoms with Crippen molar-refractivity contribution in [2.45, 2.75) is 52.0 Å². The lowest BCUT2D eigenvalue weighted by molar-refractivity contribution is -0.132. The van der Waals surface area contributed by atoms with Crippen molar-refractivity contribution in [3.05, 3.63) is 77.0 Å². The molecule has 7 heteroatoms. The van der Waals surface area contributed by atoms with Gasteiger partial charge in [-0.05, 0) is 75.4 Å². The van der Waals surface area contributed by atoms with E-state index in [-0.39, 0.29) is 17.8 Å². The summed E-state index contributed by atoms with van der Waals surface area (Å²) in [6.07, 6.45) is 3.85. The van der Waals surface area contributed by atoms with Crippen molar-refractivity contribution in [2.75, 3.05) is 11.9 Å². The van der Waals surface area contributed by atoms with Gasteiger partial charge in [-0.15, -0.1) is 0 Å². The van der Waals surface area contributed by atoms with Crippen LogP contribution in [0.2, 0.25) is 0 Å². The van der Waals surface area contributed by atoms with Crippen LogP contribution in [0, 0.1) is 19.7 Å². The summed E-state index contributed by atoms with van der Waals surface area (Å²) < 4.78 is 13.1. The molecular weight excluding hydrogens is 405 g/mol. The van der Waals surface area contributed by atoms with Crippen LogP contribution in [0.25, 0.3) is 0 Å². The third kappa shape index (κ3) is 5.46. The quantitative estimate of drug-likeness (QED) is 0.564. The number of pyridine rings is 1. The van der Waals surface area contributed by atoms with Crippen LogP contribution in [0.15, 0.2) is 48.5 Å². The van der Waals surface area contributed by atoms with E-state index in [4.69, 9.17) is 4.98 Å². The van der Waals surface area contributed by atoms with Gasteiger partial charge in [0.2, 0.25) is 11.9 Å². The van der Waals surface area contributed by atoms with E-state index in [1.807, 2.05) is 43.0 Å². The van der Waals surface area contributed by atoms with Gasteiger partial charge in [-0.1, -0.05) is 18.2 Å². The number of amides is 1. The molecule has 166 valence electrons. The summed E-state index contributed by atoms with van der Waals surface area (Å²) >= 11 is 0. The predicted molar refractivity (Wildman–Crippen MR) is 122 cm³/mol. The van der Waals surface area contributed by atoms with E-state index in [0.717, 1.165) is 54.9 Å². The third-order valence-corrected chi connectivity index (χ3v) is 5.68. The number of hydrogen-bond donors (Lipinski definition) is 1. The molecule has 0 saturated carbocycles. The van der Waals surface area contributed by atoms with Gasteiger partial charge in [0, 0.05) is 24.4 Å². The SMILES string of the molecule is Cc1cc(C)nc(Nc2cccc([C@H]3CCCN3C(=O)CCCc3ccc(F)cc3)n2)n1. The van der Waals surface area contributed by atoms with E-state index in [2.05, 4.69) is 15.3 Å². The van der Waals surface area contributed by atoms with Gasteiger partial charge in [0.05, 0.1) is 11.7 Å². The van der Waals surface area contributed by atoms with E-state index in [0.29, 0.717) is 18.2 Å². The molecule has 3 aromatic rings. The van der Waals surface area contributed by atoms with Crippen LogP contribution >= 0.6 is 0 Å². The maximum atomic E-state index is 13.1. The fourth-order valence-corrected chi connectivity index (χ4v) is 4.21. The Labute approximate surface area is 187 Å². The van der Waals surface area contributed by atoms with E-state index in [1.54, 1.807) is 12.1 Å². The first-order chi connectivity index (χ1) is 15.5. The number of hydrogen-bond acceptors (Lipinski definition) is 5. The number of carbonyl (C=O) groups is 1. The van der Waals surface area contributed by atoms with Crippen molar-refractivity contribution in [1.29, 1.82) is 0 Å². The minimum atomic E-state index is -0.238. The minimum Gasteiger partial charge on any atom is -0.334 e. The van der Waals surface area contributed by atoms with E-state index in [9.17, 15) is 9.18 Å². The predicted octanol–water partition coefficient (Wildman–Crippen LogP) is 5.06. The summed E-state index contributed by atoms with van der Waals surface area (Å²) in [6, 6.07) is 14.2. The Morgan fingerprint density at radius 2 is 1.84 bits per heavy atom. The second-order valence-electron chi connectivity index (χ2n) is 8.27. The molecule has 3 heterocycles. The fourth-order valence-electron chi connectivity index (χ4n) is 4.21. The molecule has 1 saturated heterocycles. The van der Waals surface area contributed by atoms with Crippen molar-refractivity contribution in [3.63, 3.8) is 0 Å². The molecule has 2 aromatic heterocycles. The van der Waals surface area contributed by atoms with Crippen LogP contribution in [0.3, 0.4) is 0 Å². The van der Waals surface area contributed by atoms with Crippen molar-refractivity contribution in [2.24, 2.45) is 0 Å². The summed E-state index contributed by atoms with van der Waals surface area (Å²) in [5, 5.41) is 3.19. The lowest BCUT2D eigenvalue weighted by atomic mass is 10.1. The number of anilines is 2. The number of nitrogens with one attached hydrogen (secondary N) is 1. The Hall–Kier alpha value is -3.35. The number of aromatic nitrogens is 3. The molecule has 1 aliphatic rings. The van der Waals surface area contributed by atoms with Gasteiger partial charge in [0.25, 0.3) is 0 Å². The van der Waals surface area contributed by atoms with Crippen LogP contribution in [0.5, 0.6) is 0 Å². The fraction of sp³-hybridized carbons (Fsp3) is 0.360. The second kappa shape index (κ2) is 9.85. The van der Waals surface area contributed by atoms with E-state index < -0.39 is 0 Å². The van der Waals surface area contributed by atoms with Crippen LogP contribution < -0.4 is 5.32 Å². The van der Waals surface area contributed by atoms with Crippen molar-refractivity contribution in [1.82, 2.24) is 19.9 Å². The largest absolute Gasteiger partial charge is 0.334 e. The average molecular weight is 434 g/mol. The average Bonchev–Trinajstić information content (AvgIpc) is 3.25. The summed E-state index contributed by atoms with van der Waals surface area (Å²) in [4.78, 5) is 28.5. The topological polar surface area (TPSA) is 71.0 Å². The molecule has 1 fully saturated rings. The Kier molecular flexibility index (Phi) is 6.73. The van der Waals surface area contributed by atoms with Gasteiger partial charge in [0.1, 0.15) is 11.6 Å². The smallest absolute Gasteiger partial charge is 0.228 e. The van der Waals surface area contributed by atoms with Gasteiger partial charge in [-0.2, -0.15) is 0 Å². The summed E-state index contributed by atoms with van der Waals surface area (Å²) in [5.74, 6) is 1.10. The number of nitrogens with zero attached hydrogens (tertiary/aromatic N) is 4. The lowest BCUT2D eigenvalue weighted by Crippen LogP contribution is -2.30. The Morgan fingerprint density at radius 1 is 1.09 bits per heavy atom. The number of rotatable bonds is 7. The molecule has 1 aliphatic heterocycles. The van der Waals surface area contributed by atoms with Crippen LogP contribution in [0.1, 0.15) is 54.4 Å². The molecule has 4 rings (SSSR count). The Balaban J connectivity index is 1.39. The lowest BCUT2D eigenvalue weighted by Gasteiger charge is -2.25. The van der Waals surface area contributed by atoms with Gasteiger partial charge < -0.3 is 10.2 Å². The van der Waals surface area contributed by atoms with Crippen molar-refractivity contribution >= 4 is 17.7 Å². The molecule has 0 aliphatic carbocycles. The van der Waals surface area contributed by atoms with Gasteiger partial charge in [0.15, 0.2) is 0 Å². The highest BCUT2D eigenvalue weighted by Crippen LogP contribution is 2.32. The first kappa shape index (κ1) is 21.9. The molecule has 32 heavy (non-hydrogen) atoms. The number of likely N-dealkylation sites (tertiary alicyclic amines) is 1. The van der Waals surface area contributed by atoms with E-state index in [1.165, 1.54) is 12.1 Å². The van der Waals surface area contributed by atoms with Crippen LogP contribution in [-0.2, 0) is 11.2 Å². The van der Waals surface area contributed by atoms with Crippen molar-refractivity contribution < 1.29 is 9.18 Å².